The molecular formula is C18H24N4O2. The highest BCUT2D eigenvalue weighted by Crippen LogP contribution is 2.16. The number of nitrogens with one attached hydrogen (secondary N) is 2. The van der Waals surface area contributed by atoms with Crippen LogP contribution in [0.5, 0.6) is 0 Å². The molecule has 0 aliphatic carbocycles. The third-order valence-corrected chi connectivity index (χ3v) is 3.85. The molecule has 1 aromatic heterocycles. The number of amides is 2. The molecule has 0 aliphatic heterocycles. The van der Waals surface area contributed by atoms with Crippen LogP contribution in [0, 0.1) is 0 Å². The van der Waals surface area contributed by atoms with E-state index in [1.807, 2.05) is 32.0 Å². The van der Waals surface area contributed by atoms with Crippen LogP contribution in [0.2, 0.25) is 0 Å². The summed E-state index contributed by atoms with van der Waals surface area (Å²) in [5.74, 6) is 0.345. The molecule has 0 fully saturated rings. The van der Waals surface area contributed by atoms with E-state index in [0.29, 0.717) is 11.4 Å². The standard InChI is InChI=1S/C18H24N4O2/c1-4-14(3)22-16(10-11-19-22)21-17(23)12-13(2)20-18(24)15-8-6-5-7-9-15/h5-11,13-14H,4,12H2,1-3H3,(H,20,24)(H,21,23). The van der Waals surface area contributed by atoms with E-state index in [1.165, 1.54) is 0 Å². The predicted octanol–water partition coefficient (Wildman–Crippen LogP) is 3.00. The van der Waals surface area contributed by atoms with Gasteiger partial charge < -0.3 is 10.6 Å². The Labute approximate surface area is 142 Å². The molecule has 2 N–H and O–H groups in total. The summed E-state index contributed by atoms with van der Waals surface area (Å²) < 4.78 is 1.80. The second kappa shape index (κ2) is 8.29. The molecule has 0 spiro atoms. The van der Waals surface area contributed by atoms with Crippen molar-refractivity contribution >= 4 is 17.6 Å². The molecule has 128 valence electrons. The summed E-state index contributed by atoms with van der Waals surface area (Å²) in [4.78, 5) is 24.3. The Kier molecular flexibility index (Phi) is 6.12. The van der Waals surface area contributed by atoms with Crippen LogP contribution in [0.3, 0.4) is 0 Å². The SMILES string of the molecule is CCC(C)n1nccc1NC(=O)CC(C)NC(=O)c1ccccc1. The summed E-state index contributed by atoms with van der Waals surface area (Å²) in [6.45, 7) is 5.93. The molecule has 0 bridgehead atoms. The van der Waals surface area contributed by atoms with E-state index >= 15 is 0 Å². The fourth-order valence-electron chi connectivity index (χ4n) is 2.36. The number of anilines is 1. The molecule has 2 atom stereocenters. The number of nitrogens with zero attached hydrogens (tertiary/aromatic N) is 2. The molecule has 2 unspecified atom stereocenters. The van der Waals surface area contributed by atoms with Crippen LogP contribution in [0.15, 0.2) is 42.6 Å². The molecule has 1 aromatic carbocycles. The molecule has 2 aromatic rings. The Hall–Kier alpha value is -2.63. The topological polar surface area (TPSA) is 76.0 Å². The summed E-state index contributed by atoms with van der Waals surface area (Å²) in [5, 5.41) is 9.93. The Bertz CT molecular complexity index is 681. The number of hydrogen-bond acceptors (Lipinski definition) is 3. The average Bonchev–Trinajstić information content (AvgIpc) is 3.02. The van der Waals surface area contributed by atoms with E-state index in [9.17, 15) is 9.59 Å². The van der Waals surface area contributed by atoms with Crippen molar-refractivity contribution in [2.45, 2.75) is 45.7 Å². The molecule has 0 saturated carbocycles. The molecular weight excluding hydrogens is 304 g/mol. The van der Waals surface area contributed by atoms with Gasteiger partial charge in [0.05, 0.1) is 12.2 Å². The molecule has 6 heteroatoms. The van der Waals surface area contributed by atoms with Crippen LogP contribution in [-0.4, -0.2) is 27.6 Å². The van der Waals surface area contributed by atoms with E-state index in [2.05, 4.69) is 22.7 Å². The molecule has 0 aliphatic rings. The number of rotatable bonds is 7. The van der Waals surface area contributed by atoms with E-state index in [1.54, 1.807) is 29.1 Å². The van der Waals surface area contributed by atoms with Gasteiger partial charge in [0.25, 0.3) is 5.91 Å². The first-order valence-corrected chi connectivity index (χ1v) is 8.20. The minimum absolute atomic E-state index is 0.152. The Balaban J connectivity index is 1.88. The number of carbonyl (C=O) groups excluding carboxylic acids is 2. The van der Waals surface area contributed by atoms with Gasteiger partial charge in [0.1, 0.15) is 5.82 Å². The fourth-order valence-corrected chi connectivity index (χ4v) is 2.36. The summed E-state index contributed by atoms with van der Waals surface area (Å²) in [7, 11) is 0. The van der Waals surface area contributed by atoms with Gasteiger partial charge in [0.2, 0.25) is 5.91 Å². The zero-order valence-electron chi connectivity index (χ0n) is 14.3. The number of hydrogen-bond donors (Lipinski definition) is 2. The Morgan fingerprint density at radius 1 is 1.17 bits per heavy atom. The van der Waals surface area contributed by atoms with E-state index in [4.69, 9.17) is 0 Å². The molecule has 0 radical (unpaired) electrons. The van der Waals surface area contributed by atoms with Gasteiger partial charge in [-0.05, 0) is 32.4 Å². The van der Waals surface area contributed by atoms with Crippen LogP contribution >= 0.6 is 0 Å². The quantitative estimate of drug-likeness (QED) is 0.820. The van der Waals surface area contributed by atoms with Crippen LogP contribution in [0.4, 0.5) is 5.82 Å². The molecule has 0 saturated heterocycles. The fraction of sp³-hybridized carbons (Fsp3) is 0.389. The van der Waals surface area contributed by atoms with Crippen molar-refractivity contribution in [3.8, 4) is 0 Å². The number of aromatic nitrogens is 2. The van der Waals surface area contributed by atoms with Gasteiger partial charge in [0.15, 0.2) is 0 Å². The van der Waals surface area contributed by atoms with Crippen molar-refractivity contribution in [2.75, 3.05) is 5.32 Å². The molecule has 24 heavy (non-hydrogen) atoms. The summed E-state index contributed by atoms with van der Waals surface area (Å²) in [5.41, 5.74) is 0.583. The first kappa shape index (κ1) is 17.7. The number of benzene rings is 1. The highest BCUT2D eigenvalue weighted by molar-refractivity contribution is 5.95. The maximum absolute atomic E-state index is 12.2. The summed E-state index contributed by atoms with van der Waals surface area (Å²) >= 11 is 0. The van der Waals surface area contributed by atoms with Crippen LogP contribution in [-0.2, 0) is 4.79 Å². The van der Waals surface area contributed by atoms with Crippen molar-refractivity contribution < 1.29 is 9.59 Å². The maximum atomic E-state index is 12.2. The molecule has 6 nitrogen and oxygen atoms in total. The van der Waals surface area contributed by atoms with Crippen LogP contribution in [0.25, 0.3) is 0 Å². The minimum atomic E-state index is -0.266. The van der Waals surface area contributed by atoms with E-state index < -0.39 is 0 Å². The van der Waals surface area contributed by atoms with Gasteiger partial charge >= 0.3 is 0 Å². The first-order valence-electron chi connectivity index (χ1n) is 8.20. The Morgan fingerprint density at radius 3 is 2.54 bits per heavy atom. The van der Waals surface area contributed by atoms with Crippen molar-refractivity contribution in [1.29, 1.82) is 0 Å². The minimum Gasteiger partial charge on any atom is -0.349 e. The molecule has 1 heterocycles. The van der Waals surface area contributed by atoms with Gasteiger partial charge in [-0.1, -0.05) is 25.1 Å². The lowest BCUT2D eigenvalue weighted by Crippen LogP contribution is -2.35. The zero-order chi connectivity index (χ0) is 17.5. The van der Waals surface area contributed by atoms with Crippen molar-refractivity contribution in [1.82, 2.24) is 15.1 Å². The van der Waals surface area contributed by atoms with Gasteiger partial charge in [-0.25, -0.2) is 4.68 Å². The largest absolute Gasteiger partial charge is 0.349 e. The lowest BCUT2D eigenvalue weighted by molar-refractivity contribution is -0.116. The van der Waals surface area contributed by atoms with Crippen LogP contribution in [0.1, 0.15) is 50.0 Å². The van der Waals surface area contributed by atoms with Gasteiger partial charge in [-0.3, -0.25) is 9.59 Å². The summed E-state index contributed by atoms with van der Waals surface area (Å²) in [6.07, 6.45) is 2.79. The second-order valence-electron chi connectivity index (χ2n) is 5.91. The average molecular weight is 328 g/mol. The van der Waals surface area contributed by atoms with E-state index in [0.717, 1.165) is 6.42 Å². The summed E-state index contributed by atoms with van der Waals surface area (Å²) in [6, 6.07) is 10.7. The highest BCUT2D eigenvalue weighted by Gasteiger charge is 2.15. The van der Waals surface area contributed by atoms with Gasteiger partial charge in [0, 0.05) is 24.1 Å². The third-order valence-electron chi connectivity index (χ3n) is 3.85. The predicted molar refractivity (Wildman–Crippen MR) is 93.8 cm³/mol. The number of carbonyl (C=O) groups is 2. The first-order chi connectivity index (χ1) is 11.5. The van der Waals surface area contributed by atoms with Gasteiger partial charge in [-0.2, -0.15) is 5.10 Å². The monoisotopic (exact) mass is 328 g/mol. The highest BCUT2D eigenvalue weighted by atomic mass is 16.2. The zero-order valence-corrected chi connectivity index (χ0v) is 14.3. The smallest absolute Gasteiger partial charge is 0.251 e. The Morgan fingerprint density at radius 2 is 1.88 bits per heavy atom. The van der Waals surface area contributed by atoms with Gasteiger partial charge in [-0.15, -0.1) is 0 Å². The van der Waals surface area contributed by atoms with Crippen molar-refractivity contribution in [3.63, 3.8) is 0 Å². The molecule has 2 amide bonds. The lowest BCUT2D eigenvalue weighted by atomic mass is 10.1. The lowest BCUT2D eigenvalue weighted by Gasteiger charge is -2.16. The third kappa shape index (κ3) is 4.68. The normalized spacial score (nSPS) is 13.1. The maximum Gasteiger partial charge on any atom is 0.251 e. The van der Waals surface area contributed by atoms with Crippen molar-refractivity contribution in [3.05, 3.63) is 48.2 Å². The molecule has 2 rings (SSSR count). The van der Waals surface area contributed by atoms with Crippen LogP contribution < -0.4 is 10.6 Å². The van der Waals surface area contributed by atoms with E-state index in [-0.39, 0.29) is 30.3 Å². The second-order valence-corrected chi connectivity index (χ2v) is 5.91. The van der Waals surface area contributed by atoms with Crippen molar-refractivity contribution in [2.24, 2.45) is 0 Å².